The number of hydrogen-bond donors (Lipinski definition) is 2. The first-order valence-electron chi connectivity index (χ1n) is 9.53. The molecule has 170 valence electrons. The van der Waals surface area contributed by atoms with Gasteiger partial charge in [-0.1, -0.05) is 0 Å². The number of rotatable bonds is 10. The minimum absolute atomic E-state index is 0.257. The van der Waals surface area contributed by atoms with Crippen LogP contribution < -0.4 is 25.0 Å². The Morgan fingerprint density at radius 3 is 2.31 bits per heavy atom. The number of hydrogen-bond acceptors (Lipinski definition) is 8. The lowest BCUT2D eigenvalue weighted by molar-refractivity contribution is -0.143. The minimum Gasteiger partial charge on any atom is -0.497 e. The number of esters is 1. The Bertz CT molecular complexity index is 974. The van der Waals surface area contributed by atoms with E-state index < -0.39 is 23.7 Å². The first kappa shape index (κ1) is 24.2. The van der Waals surface area contributed by atoms with E-state index in [-0.39, 0.29) is 6.61 Å². The van der Waals surface area contributed by atoms with Gasteiger partial charge in [-0.25, -0.2) is 10.2 Å². The largest absolute Gasteiger partial charge is 0.497 e. The number of methoxy groups -OCH3 is 3. The number of amides is 2. The second kappa shape index (κ2) is 11.9. The smallest absolute Gasteiger partial charge is 0.343 e. The van der Waals surface area contributed by atoms with Gasteiger partial charge in [0, 0.05) is 5.69 Å². The third kappa shape index (κ3) is 7.01. The molecule has 0 saturated carbocycles. The molecule has 1 atom stereocenters. The highest BCUT2D eigenvalue weighted by Crippen LogP contribution is 2.27. The number of ether oxygens (including phenoxy) is 4. The van der Waals surface area contributed by atoms with Gasteiger partial charge >= 0.3 is 5.97 Å². The summed E-state index contributed by atoms with van der Waals surface area (Å²) in [6, 6.07) is 11.6. The number of nitrogens with zero attached hydrogens (tertiary/aromatic N) is 1. The molecule has 2 aromatic rings. The van der Waals surface area contributed by atoms with Gasteiger partial charge in [-0.15, -0.1) is 0 Å². The van der Waals surface area contributed by atoms with E-state index in [1.165, 1.54) is 27.4 Å². The highest BCUT2D eigenvalue weighted by atomic mass is 16.6. The SMILES string of the molecule is COC(=O)COc1ccc(C=NNC(=O)C(C)C(=O)Nc2ccc(OC)cc2)cc1OC. The standard InChI is InChI=1S/C22H25N3O7/c1-14(21(27)24-16-6-8-17(29-2)9-7-16)22(28)25-23-12-15-5-10-18(19(11-15)30-3)32-13-20(26)31-4/h5-12,14H,13H2,1-4H3,(H,24,27)(H,25,28). The average Bonchev–Trinajstić information content (AvgIpc) is 2.82. The van der Waals surface area contributed by atoms with Gasteiger partial charge in [-0.3, -0.25) is 9.59 Å². The summed E-state index contributed by atoms with van der Waals surface area (Å²) < 4.78 is 20.2. The van der Waals surface area contributed by atoms with Crippen molar-refractivity contribution in [3.63, 3.8) is 0 Å². The van der Waals surface area contributed by atoms with Crippen molar-refractivity contribution in [1.82, 2.24) is 5.43 Å². The Kier molecular flexibility index (Phi) is 9.03. The number of benzene rings is 2. The van der Waals surface area contributed by atoms with Gasteiger partial charge in [-0.2, -0.15) is 5.10 Å². The van der Waals surface area contributed by atoms with Crippen LogP contribution in [0.3, 0.4) is 0 Å². The Hall–Kier alpha value is -4.08. The van der Waals surface area contributed by atoms with E-state index in [2.05, 4.69) is 20.6 Å². The molecular formula is C22H25N3O7. The van der Waals surface area contributed by atoms with Gasteiger partial charge in [-0.05, 0) is 55.0 Å². The van der Waals surface area contributed by atoms with Gasteiger partial charge < -0.3 is 24.3 Å². The van der Waals surface area contributed by atoms with Crippen molar-refractivity contribution in [1.29, 1.82) is 0 Å². The van der Waals surface area contributed by atoms with E-state index >= 15 is 0 Å². The zero-order chi connectivity index (χ0) is 23.5. The number of nitrogens with one attached hydrogen (secondary N) is 2. The molecule has 2 N–H and O–H groups in total. The number of hydrazone groups is 1. The molecule has 2 amide bonds. The van der Waals surface area contributed by atoms with E-state index in [0.717, 1.165) is 0 Å². The lowest BCUT2D eigenvalue weighted by Crippen LogP contribution is -2.34. The predicted molar refractivity (Wildman–Crippen MR) is 117 cm³/mol. The monoisotopic (exact) mass is 443 g/mol. The van der Waals surface area contributed by atoms with Gasteiger partial charge in [0.25, 0.3) is 5.91 Å². The van der Waals surface area contributed by atoms with Crippen LogP contribution in [0.4, 0.5) is 5.69 Å². The van der Waals surface area contributed by atoms with Crippen molar-refractivity contribution in [2.75, 3.05) is 33.3 Å². The summed E-state index contributed by atoms with van der Waals surface area (Å²) in [5.41, 5.74) is 3.47. The summed E-state index contributed by atoms with van der Waals surface area (Å²) >= 11 is 0. The third-order valence-electron chi connectivity index (χ3n) is 4.29. The van der Waals surface area contributed by atoms with E-state index in [1.807, 2.05) is 0 Å². The maximum absolute atomic E-state index is 12.3. The van der Waals surface area contributed by atoms with Crippen molar-refractivity contribution in [3.05, 3.63) is 48.0 Å². The highest BCUT2D eigenvalue weighted by molar-refractivity contribution is 6.06. The second-order valence-electron chi connectivity index (χ2n) is 6.45. The highest BCUT2D eigenvalue weighted by Gasteiger charge is 2.21. The molecule has 0 aliphatic heterocycles. The zero-order valence-corrected chi connectivity index (χ0v) is 18.2. The molecule has 0 heterocycles. The number of anilines is 1. The van der Waals surface area contributed by atoms with Crippen molar-refractivity contribution < 1.29 is 33.3 Å². The fraction of sp³-hybridized carbons (Fsp3) is 0.273. The van der Waals surface area contributed by atoms with Gasteiger partial charge in [0.2, 0.25) is 5.91 Å². The molecule has 1 unspecified atom stereocenters. The first-order valence-corrected chi connectivity index (χ1v) is 9.53. The Labute approximate surface area is 185 Å². The molecule has 0 spiro atoms. The topological polar surface area (TPSA) is 125 Å². The molecule has 0 saturated heterocycles. The van der Waals surface area contributed by atoms with Crippen LogP contribution in [0.2, 0.25) is 0 Å². The maximum Gasteiger partial charge on any atom is 0.343 e. The summed E-state index contributed by atoms with van der Waals surface area (Å²) in [4.78, 5) is 35.7. The van der Waals surface area contributed by atoms with Crippen molar-refractivity contribution in [2.24, 2.45) is 11.0 Å². The van der Waals surface area contributed by atoms with Gasteiger partial charge in [0.1, 0.15) is 11.7 Å². The molecule has 0 aliphatic rings. The maximum atomic E-state index is 12.3. The van der Waals surface area contributed by atoms with Crippen LogP contribution in [0.25, 0.3) is 0 Å². The zero-order valence-electron chi connectivity index (χ0n) is 18.2. The second-order valence-corrected chi connectivity index (χ2v) is 6.45. The van der Waals surface area contributed by atoms with Gasteiger partial charge in [0.15, 0.2) is 18.1 Å². The molecule has 10 nitrogen and oxygen atoms in total. The predicted octanol–water partition coefficient (Wildman–Crippen LogP) is 1.98. The van der Waals surface area contributed by atoms with Crippen molar-refractivity contribution >= 4 is 29.7 Å². The summed E-state index contributed by atoms with van der Waals surface area (Å²) in [5.74, 6) is -1.17. The lowest BCUT2D eigenvalue weighted by Gasteiger charge is -2.11. The van der Waals surface area contributed by atoms with Crippen molar-refractivity contribution in [3.8, 4) is 17.2 Å². The molecule has 2 aromatic carbocycles. The van der Waals surface area contributed by atoms with E-state index in [0.29, 0.717) is 28.5 Å². The van der Waals surface area contributed by atoms with Crippen molar-refractivity contribution in [2.45, 2.75) is 6.92 Å². The van der Waals surface area contributed by atoms with Crippen LogP contribution in [0.5, 0.6) is 17.2 Å². The Balaban J connectivity index is 1.92. The molecule has 32 heavy (non-hydrogen) atoms. The normalized spacial score (nSPS) is 11.4. The van der Waals surface area contributed by atoms with Crippen LogP contribution in [0.15, 0.2) is 47.6 Å². The third-order valence-corrected chi connectivity index (χ3v) is 4.29. The van der Waals surface area contributed by atoms with Crippen LogP contribution >= 0.6 is 0 Å². The first-order chi connectivity index (χ1) is 15.4. The molecule has 0 bridgehead atoms. The molecule has 0 radical (unpaired) electrons. The van der Waals surface area contributed by atoms with Crippen LogP contribution in [-0.4, -0.2) is 51.9 Å². The van der Waals surface area contributed by atoms with E-state index in [1.54, 1.807) is 49.6 Å². The van der Waals surface area contributed by atoms with Crippen LogP contribution in [-0.2, 0) is 19.1 Å². The number of carbonyl (C=O) groups is 3. The molecule has 0 fully saturated rings. The van der Waals surface area contributed by atoms with E-state index in [4.69, 9.17) is 14.2 Å². The Morgan fingerprint density at radius 1 is 0.969 bits per heavy atom. The fourth-order valence-corrected chi connectivity index (χ4v) is 2.39. The summed E-state index contributed by atoms with van der Waals surface area (Å²) in [6.45, 7) is 1.22. The van der Waals surface area contributed by atoms with Crippen LogP contribution in [0, 0.1) is 5.92 Å². The quantitative estimate of drug-likeness (QED) is 0.249. The summed E-state index contributed by atoms with van der Waals surface area (Å²) in [5, 5.41) is 6.53. The lowest BCUT2D eigenvalue weighted by atomic mass is 10.1. The average molecular weight is 443 g/mol. The Morgan fingerprint density at radius 2 is 1.69 bits per heavy atom. The molecule has 0 aromatic heterocycles. The molecule has 10 heteroatoms. The van der Waals surface area contributed by atoms with E-state index in [9.17, 15) is 14.4 Å². The summed E-state index contributed by atoms with van der Waals surface area (Å²) in [7, 11) is 4.26. The minimum atomic E-state index is -0.974. The van der Waals surface area contributed by atoms with Gasteiger partial charge in [0.05, 0.1) is 27.5 Å². The summed E-state index contributed by atoms with van der Waals surface area (Å²) in [6.07, 6.45) is 1.39. The molecule has 2 rings (SSSR count). The fourth-order valence-electron chi connectivity index (χ4n) is 2.39. The number of carbonyl (C=O) groups excluding carboxylic acids is 3. The molecular weight excluding hydrogens is 418 g/mol. The molecule has 0 aliphatic carbocycles. The van der Waals surface area contributed by atoms with Crippen LogP contribution in [0.1, 0.15) is 12.5 Å².